The van der Waals surface area contributed by atoms with Crippen LogP contribution in [0.15, 0.2) is 30.3 Å². The van der Waals surface area contributed by atoms with E-state index in [1.165, 1.54) is 4.90 Å². The number of benzene rings is 1. The predicted octanol–water partition coefficient (Wildman–Crippen LogP) is -0.0786. The number of rotatable bonds is 4. The second-order valence-corrected chi connectivity index (χ2v) is 5.40. The predicted molar refractivity (Wildman–Crippen MR) is 71.9 cm³/mol. The molecule has 4 heteroatoms. The summed E-state index contributed by atoms with van der Waals surface area (Å²) in [4.78, 5) is 13.8. The van der Waals surface area contributed by atoms with Gasteiger partial charge in [0.15, 0.2) is 6.04 Å². The van der Waals surface area contributed by atoms with Gasteiger partial charge in [-0.15, -0.1) is 0 Å². The third kappa shape index (κ3) is 3.14. The molecule has 0 radical (unpaired) electrons. The fourth-order valence-corrected chi connectivity index (χ4v) is 2.65. The van der Waals surface area contributed by atoms with Gasteiger partial charge in [-0.3, -0.25) is 4.79 Å². The fourth-order valence-electron chi connectivity index (χ4n) is 2.65. The molecule has 0 unspecified atom stereocenters. The van der Waals surface area contributed by atoms with Crippen molar-refractivity contribution >= 4 is 5.91 Å². The lowest BCUT2D eigenvalue weighted by atomic mass is 10.0. The first kappa shape index (κ1) is 12.6. The summed E-state index contributed by atoms with van der Waals surface area (Å²) in [6.07, 6.45) is 2.26. The minimum atomic E-state index is -0.0919. The number of morpholine rings is 1. The van der Waals surface area contributed by atoms with E-state index >= 15 is 0 Å². The molecular weight excluding hydrogens is 240 g/mol. The highest BCUT2D eigenvalue weighted by Crippen LogP contribution is 2.20. The van der Waals surface area contributed by atoms with Crippen molar-refractivity contribution in [2.24, 2.45) is 0 Å². The van der Waals surface area contributed by atoms with E-state index < -0.39 is 0 Å². The Labute approximate surface area is 113 Å². The molecule has 0 spiro atoms. The number of nitrogens with one attached hydrogen (secondary N) is 2. The van der Waals surface area contributed by atoms with E-state index in [9.17, 15) is 4.79 Å². The highest BCUT2D eigenvalue weighted by Gasteiger charge is 2.35. The molecule has 1 amide bonds. The average molecular weight is 261 g/mol. The summed E-state index contributed by atoms with van der Waals surface area (Å²) in [5, 5.41) is 3.15. The van der Waals surface area contributed by atoms with Crippen molar-refractivity contribution in [1.29, 1.82) is 0 Å². The van der Waals surface area contributed by atoms with Crippen molar-refractivity contribution in [3.63, 3.8) is 0 Å². The van der Waals surface area contributed by atoms with Crippen LogP contribution in [0.1, 0.15) is 24.4 Å². The number of carbonyl (C=O) groups excluding carboxylic acids is 1. The summed E-state index contributed by atoms with van der Waals surface area (Å²) in [5.41, 5.74) is 1.11. The monoisotopic (exact) mass is 261 g/mol. The molecule has 1 aromatic rings. The zero-order valence-electron chi connectivity index (χ0n) is 11.1. The molecule has 1 aliphatic carbocycles. The highest BCUT2D eigenvalue weighted by molar-refractivity contribution is 5.82. The summed E-state index contributed by atoms with van der Waals surface area (Å²) in [6, 6.07) is 10.4. The first-order chi connectivity index (χ1) is 9.34. The Bertz CT molecular complexity index is 425. The average Bonchev–Trinajstić information content (AvgIpc) is 3.25. The van der Waals surface area contributed by atoms with Crippen molar-refractivity contribution in [1.82, 2.24) is 5.32 Å². The molecule has 3 rings (SSSR count). The molecule has 2 aliphatic rings. The van der Waals surface area contributed by atoms with Crippen LogP contribution in [0.2, 0.25) is 0 Å². The van der Waals surface area contributed by atoms with Crippen molar-refractivity contribution in [2.75, 3.05) is 26.3 Å². The van der Waals surface area contributed by atoms with Gasteiger partial charge in [-0.2, -0.15) is 0 Å². The molecule has 1 aliphatic heterocycles. The number of carbonyl (C=O) groups is 1. The Kier molecular flexibility index (Phi) is 3.80. The van der Waals surface area contributed by atoms with E-state index in [0.717, 1.165) is 44.7 Å². The third-order valence-electron chi connectivity index (χ3n) is 3.86. The first-order valence-corrected chi connectivity index (χ1v) is 7.12. The second-order valence-electron chi connectivity index (χ2n) is 5.40. The maximum Gasteiger partial charge on any atom is 0.283 e. The van der Waals surface area contributed by atoms with Crippen molar-refractivity contribution in [2.45, 2.75) is 24.9 Å². The van der Waals surface area contributed by atoms with Gasteiger partial charge in [-0.1, -0.05) is 30.3 Å². The zero-order valence-corrected chi connectivity index (χ0v) is 11.1. The third-order valence-corrected chi connectivity index (χ3v) is 3.86. The van der Waals surface area contributed by atoms with Crippen LogP contribution in [0.25, 0.3) is 0 Å². The van der Waals surface area contributed by atoms with Gasteiger partial charge in [-0.05, 0) is 12.8 Å². The quantitative estimate of drug-likeness (QED) is 0.796. The zero-order chi connectivity index (χ0) is 13.1. The fraction of sp³-hybridized carbons (Fsp3) is 0.533. The van der Waals surface area contributed by atoms with Gasteiger partial charge in [-0.25, -0.2) is 0 Å². The van der Waals surface area contributed by atoms with Crippen molar-refractivity contribution < 1.29 is 14.4 Å². The SMILES string of the molecule is O=C(NC1CC1)[C@H](c1ccccc1)[NH+]1CCOCC1. The Balaban J connectivity index is 1.79. The lowest BCUT2D eigenvalue weighted by Gasteiger charge is -2.30. The van der Waals surface area contributed by atoms with Crippen LogP contribution in [0.4, 0.5) is 0 Å². The van der Waals surface area contributed by atoms with Crippen LogP contribution in [-0.2, 0) is 9.53 Å². The molecule has 102 valence electrons. The standard InChI is InChI=1S/C15H20N2O2/c18-15(16-13-6-7-13)14(12-4-2-1-3-5-12)17-8-10-19-11-9-17/h1-5,13-14H,6-11H2,(H,16,18)/p+1/t14-/m0/s1. The summed E-state index contributed by atoms with van der Waals surface area (Å²) in [5.74, 6) is 0.172. The number of amides is 1. The number of ether oxygens (including phenoxy) is 1. The maximum absolute atomic E-state index is 12.5. The molecule has 1 atom stereocenters. The Morgan fingerprint density at radius 2 is 1.89 bits per heavy atom. The number of hydrogen-bond donors (Lipinski definition) is 2. The molecule has 0 bridgehead atoms. The van der Waals surface area contributed by atoms with E-state index in [0.29, 0.717) is 6.04 Å². The summed E-state index contributed by atoms with van der Waals surface area (Å²) >= 11 is 0. The van der Waals surface area contributed by atoms with Crippen LogP contribution in [-0.4, -0.2) is 38.3 Å². The van der Waals surface area contributed by atoms with Crippen LogP contribution in [0.5, 0.6) is 0 Å². The minimum absolute atomic E-state index is 0.0919. The molecule has 1 aromatic carbocycles. The molecule has 1 saturated heterocycles. The number of quaternary nitrogens is 1. The van der Waals surface area contributed by atoms with Gasteiger partial charge in [0.2, 0.25) is 0 Å². The van der Waals surface area contributed by atoms with Gasteiger partial charge < -0.3 is 15.0 Å². The normalized spacial score (nSPS) is 21.9. The Morgan fingerprint density at radius 1 is 1.21 bits per heavy atom. The van der Waals surface area contributed by atoms with Crippen LogP contribution in [0.3, 0.4) is 0 Å². The maximum atomic E-state index is 12.5. The van der Waals surface area contributed by atoms with E-state index in [4.69, 9.17) is 4.74 Å². The van der Waals surface area contributed by atoms with Crippen LogP contribution < -0.4 is 10.2 Å². The minimum Gasteiger partial charge on any atom is -0.370 e. The van der Waals surface area contributed by atoms with E-state index in [2.05, 4.69) is 17.4 Å². The molecule has 2 N–H and O–H groups in total. The molecule has 2 fully saturated rings. The number of hydrogen-bond acceptors (Lipinski definition) is 2. The van der Waals surface area contributed by atoms with Crippen molar-refractivity contribution in [3.05, 3.63) is 35.9 Å². The van der Waals surface area contributed by atoms with E-state index in [1.807, 2.05) is 18.2 Å². The molecule has 4 nitrogen and oxygen atoms in total. The summed E-state index contributed by atoms with van der Waals surface area (Å²) in [7, 11) is 0. The van der Waals surface area contributed by atoms with Gasteiger partial charge in [0, 0.05) is 11.6 Å². The van der Waals surface area contributed by atoms with Gasteiger partial charge in [0.05, 0.1) is 13.2 Å². The highest BCUT2D eigenvalue weighted by atomic mass is 16.5. The molecule has 1 heterocycles. The van der Waals surface area contributed by atoms with Gasteiger partial charge in [0.25, 0.3) is 5.91 Å². The summed E-state index contributed by atoms with van der Waals surface area (Å²) < 4.78 is 5.41. The van der Waals surface area contributed by atoms with Gasteiger partial charge in [0.1, 0.15) is 13.1 Å². The Hall–Kier alpha value is -1.39. The largest absolute Gasteiger partial charge is 0.370 e. The van der Waals surface area contributed by atoms with E-state index in [1.54, 1.807) is 0 Å². The molecular formula is C15H21N2O2+. The topological polar surface area (TPSA) is 42.8 Å². The van der Waals surface area contributed by atoms with E-state index in [-0.39, 0.29) is 11.9 Å². The van der Waals surface area contributed by atoms with Crippen LogP contribution in [0, 0.1) is 0 Å². The summed E-state index contributed by atoms with van der Waals surface area (Å²) in [6.45, 7) is 3.29. The Morgan fingerprint density at radius 3 is 2.53 bits per heavy atom. The van der Waals surface area contributed by atoms with Crippen molar-refractivity contribution in [3.8, 4) is 0 Å². The molecule has 0 aromatic heterocycles. The lowest BCUT2D eigenvalue weighted by molar-refractivity contribution is -0.929. The lowest BCUT2D eigenvalue weighted by Crippen LogP contribution is -3.15. The molecule has 1 saturated carbocycles. The molecule has 19 heavy (non-hydrogen) atoms. The first-order valence-electron chi connectivity index (χ1n) is 7.12. The van der Waals surface area contributed by atoms with Gasteiger partial charge >= 0.3 is 0 Å². The smallest absolute Gasteiger partial charge is 0.283 e. The second kappa shape index (κ2) is 5.72. The van der Waals surface area contributed by atoms with Crippen LogP contribution >= 0.6 is 0 Å².